The van der Waals surface area contributed by atoms with E-state index >= 15 is 0 Å². The predicted molar refractivity (Wildman–Crippen MR) is 172 cm³/mol. The van der Waals surface area contributed by atoms with Crippen LogP contribution in [-0.2, 0) is 4.74 Å². The van der Waals surface area contributed by atoms with E-state index in [0.717, 1.165) is 6.42 Å². The van der Waals surface area contributed by atoms with E-state index in [0.29, 0.717) is 17.8 Å². The molecule has 3 rings (SSSR count). The molecule has 1 N–H and O–H groups in total. The molecule has 0 aromatic heterocycles. The maximum atomic E-state index is 6.43. The Balaban J connectivity index is 1.85. The van der Waals surface area contributed by atoms with Crippen molar-refractivity contribution in [1.29, 1.82) is 0 Å². The van der Waals surface area contributed by atoms with Crippen LogP contribution in [0.5, 0.6) is 0 Å². The number of likely N-dealkylation sites (N-methyl/N-ethyl adjacent to an activating group) is 1. The lowest BCUT2D eigenvalue weighted by atomic mass is 9.66. The molecule has 0 heterocycles. The topological polar surface area (TPSA) is 21.3 Å². The molecular weight excluding hydrogens is 494 g/mol. The standard InChI is InChI=1S/C36H51NOS/c1-24(2)28-15-19-31(20-16-28)35(38-25(3)4)32-21-17-29(18-22-32)26(5)23-36(7,8)33(34(37-9)27(6)39)30-13-11-10-12-14-30/h10-22,24-27,33-35,37,39H,23H2,1-9H3. The molecule has 3 aromatic rings. The summed E-state index contributed by atoms with van der Waals surface area (Å²) in [4.78, 5) is 0. The van der Waals surface area contributed by atoms with Gasteiger partial charge in [0.05, 0.1) is 6.10 Å². The molecule has 0 saturated heterocycles. The number of hydrogen-bond acceptors (Lipinski definition) is 3. The maximum Gasteiger partial charge on any atom is 0.108 e. The summed E-state index contributed by atoms with van der Waals surface area (Å²) in [6.07, 6.45) is 1.15. The molecule has 0 aliphatic rings. The number of nitrogens with one attached hydrogen (secondary N) is 1. The van der Waals surface area contributed by atoms with Gasteiger partial charge in [-0.05, 0) is 72.4 Å². The number of thiol groups is 1. The molecule has 0 aliphatic carbocycles. The van der Waals surface area contributed by atoms with E-state index in [2.05, 4.69) is 147 Å². The molecule has 212 valence electrons. The molecule has 0 fully saturated rings. The third-order valence-corrected chi connectivity index (χ3v) is 8.49. The Morgan fingerprint density at radius 3 is 1.62 bits per heavy atom. The minimum atomic E-state index is -0.0669. The molecule has 39 heavy (non-hydrogen) atoms. The number of ether oxygens (including phenoxy) is 1. The van der Waals surface area contributed by atoms with Gasteiger partial charge in [-0.25, -0.2) is 0 Å². The molecule has 5 unspecified atom stereocenters. The summed E-state index contributed by atoms with van der Waals surface area (Å²) >= 11 is 4.88. The van der Waals surface area contributed by atoms with Gasteiger partial charge in [0.1, 0.15) is 6.10 Å². The largest absolute Gasteiger partial charge is 0.366 e. The average Bonchev–Trinajstić information content (AvgIpc) is 2.90. The quantitative estimate of drug-likeness (QED) is 0.209. The van der Waals surface area contributed by atoms with Crippen LogP contribution < -0.4 is 5.32 Å². The van der Waals surface area contributed by atoms with Gasteiger partial charge in [-0.1, -0.05) is 120 Å². The van der Waals surface area contributed by atoms with Gasteiger partial charge in [-0.2, -0.15) is 12.6 Å². The first-order valence-corrected chi connectivity index (χ1v) is 15.2. The van der Waals surface area contributed by atoms with Gasteiger partial charge in [0.25, 0.3) is 0 Å². The van der Waals surface area contributed by atoms with Gasteiger partial charge >= 0.3 is 0 Å². The van der Waals surface area contributed by atoms with Crippen molar-refractivity contribution in [1.82, 2.24) is 5.32 Å². The zero-order valence-corrected chi connectivity index (χ0v) is 26.5. The summed E-state index contributed by atoms with van der Waals surface area (Å²) in [6.45, 7) is 18.1. The van der Waals surface area contributed by atoms with Crippen LogP contribution in [0.2, 0.25) is 0 Å². The van der Waals surface area contributed by atoms with E-state index in [4.69, 9.17) is 17.4 Å². The van der Waals surface area contributed by atoms with Crippen molar-refractivity contribution in [2.45, 2.75) is 103 Å². The normalized spacial score (nSPS) is 16.2. The SMILES string of the molecule is CNC(C(C)S)C(c1ccccc1)C(C)(C)CC(C)c1ccc(C(OC(C)C)c2ccc(C(C)C)cc2)cc1. The van der Waals surface area contributed by atoms with E-state index in [9.17, 15) is 0 Å². The Morgan fingerprint density at radius 2 is 1.18 bits per heavy atom. The molecule has 0 aliphatic heterocycles. The van der Waals surface area contributed by atoms with Crippen LogP contribution in [-0.4, -0.2) is 24.4 Å². The molecule has 3 heteroatoms. The molecule has 0 spiro atoms. The molecule has 5 atom stereocenters. The fourth-order valence-corrected chi connectivity index (χ4v) is 6.52. The zero-order chi connectivity index (χ0) is 28.7. The first kappa shape index (κ1) is 31.5. The summed E-state index contributed by atoms with van der Waals surface area (Å²) in [7, 11) is 2.07. The third kappa shape index (κ3) is 8.22. The van der Waals surface area contributed by atoms with Crippen LogP contribution in [0.1, 0.15) is 113 Å². The van der Waals surface area contributed by atoms with Crippen molar-refractivity contribution in [2.75, 3.05) is 7.05 Å². The number of benzene rings is 3. The van der Waals surface area contributed by atoms with Gasteiger partial charge in [-0.15, -0.1) is 0 Å². The van der Waals surface area contributed by atoms with Crippen LogP contribution in [0.4, 0.5) is 0 Å². The lowest BCUT2D eigenvalue weighted by molar-refractivity contribution is 0.0304. The van der Waals surface area contributed by atoms with E-state index in [1.54, 1.807) is 0 Å². The van der Waals surface area contributed by atoms with Gasteiger partial charge in [0, 0.05) is 17.2 Å². The van der Waals surface area contributed by atoms with Crippen LogP contribution in [0.25, 0.3) is 0 Å². The second-order valence-corrected chi connectivity index (χ2v) is 13.4. The van der Waals surface area contributed by atoms with Crippen LogP contribution in [0.3, 0.4) is 0 Å². The van der Waals surface area contributed by atoms with E-state index in [1.165, 1.54) is 27.8 Å². The molecular formula is C36H51NOS. The van der Waals surface area contributed by atoms with E-state index < -0.39 is 0 Å². The first-order chi connectivity index (χ1) is 18.4. The second kappa shape index (κ2) is 14.0. The van der Waals surface area contributed by atoms with Crippen molar-refractivity contribution in [2.24, 2.45) is 5.41 Å². The number of rotatable bonds is 13. The highest BCUT2D eigenvalue weighted by atomic mass is 32.1. The lowest BCUT2D eigenvalue weighted by Gasteiger charge is -2.43. The Kier molecular flexibility index (Phi) is 11.3. The monoisotopic (exact) mass is 545 g/mol. The summed E-state index contributed by atoms with van der Waals surface area (Å²) in [5, 5.41) is 3.83. The second-order valence-electron chi connectivity index (χ2n) is 12.6. The Hall–Kier alpha value is -2.07. The Labute approximate surface area is 244 Å². The first-order valence-electron chi connectivity index (χ1n) is 14.7. The van der Waals surface area contributed by atoms with Gasteiger partial charge < -0.3 is 10.1 Å². The van der Waals surface area contributed by atoms with Crippen molar-refractivity contribution >= 4 is 12.6 Å². The average molecular weight is 546 g/mol. The Morgan fingerprint density at radius 1 is 0.692 bits per heavy atom. The van der Waals surface area contributed by atoms with Crippen LogP contribution >= 0.6 is 12.6 Å². The van der Waals surface area contributed by atoms with Gasteiger partial charge in [0.15, 0.2) is 0 Å². The highest BCUT2D eigenvalue weighted by Gasteiger charge is 2.38. The molecule has 3 aromatic carbocycles. The zero-order valence-electron chi connectivity index (χ0n) is 25.6. The van der Waals surface area contributed by atoms with Crippen molar-refractivity contribution in [3.63, 3.8) is 0 Å². The van der Waals surface area contributed by atoms with E-state index in [-0.39, 0.29) is 28.9 Å². The number of hydrogen-bond donors (Lipinski definition) is 2. The maximum absolute atomic E-state index is 6.43. The minimum Gasteiger partial charge on any atom is -0.366 e. The van der Waals surface area contributed by atoms with Crippen molar-refractivity contribution in [3.8, 4) is 0 Å². The predicted octanol–water partition coefficient (Wildman–Crippen LogP) is 9.53. The minimum absolute atomic E-state index is 0.0611. The molecule has 0 bridgehead atoms. The highest BCUT2D eigenvalue weighted by molar-refractivity contribution is 7.81. The third-order valence-electron chi connectivity index (χ3n) is 8.17. The molecule has 0 saturated carbocycles. The fourth-order valence-electron chi connectivity index (χ4n) is 6.20. The van der Waals surface area contributed by atoms with Crippen LogP contribution in [0.15, 0.2) is 78.9 Å². The molecule has 0 radical (unpaired) electrons. The Bertz CT molecular complexity index is 1120. The van der Waals surface area contributed by atoms with E-state index in [1.807, 2.05) is 0 Å². The van der Waals surface area contributed by atoms with Gasteiger partial charge in [-0.3, -0.25) is 0 Å². The highest BCUT2D eigenvalue weighted by Crippen LogP contribution is 2.46. The molecule has 2 nitrogen and oxygen atoms in total. The van der Waals surface area contributed by atoms with Gasteiger partial charge in [0.2, 0.25) is 0 Å². The fraction of sp³-hybridized carbons (Fsp3) is 0.500. The smallest absolute Gasteiger partial charge is 0.108 e. The van der Waals surface area contributed by atoms with Crippen LogP contribution in [0, 0.1) is 5.41 Å². The summed E-state index contributed by atoms with van der Waals surface area (Å²) in [5.41, 5.74) is 6.58. The summed E-state index contributed by atoms with van der Waals surface area (Å²) < 4.78 is 6.43. The summed E-state index contributed by atoms with van der Waals surface area (Å²) in [5.74, 6) is 1.28. The summed E-state index contributed by atoms with van der Waals surface area (Å²) in [6, 6.07) is 29.3. The lowest BCUT2D eigenvalue weighted by Crippen LogP contribution is -2.45. The van der Waals surface area contributed by atoms with Crippen molar-refractivity contribution in [3.05, 3.63) is 107 Å². The van der Waals surface area contributed by atoms with Crippen molar-refractivity contribution < 1.29 is 4.74 Å². The molecule has 0 amide bonds.